The fourth-order valence-corrected chi connectivity index (χ4v) is 5.73. The number of ether oxygens (including phenoxy) is 1. The van der Waals surface area contributed by atoms with E-state index >= 15 is 0 Å². The maximum Gasteiger partial charge on any atom is 0.410 e. The van der Waals surface area contributed by atoms with E-state index in [2.05, 4.69) is 44.1 Å². The number of carbonyl (C=O) groups is 2. The lowest BCUT2D eigenvalue weighted by atomic mass is 9.73. The Morgan fingerprint density at radius 3 is 2.71 bits per heavy atom. The standard InChI is InChI=1S/C21H22IN5O3S/c1-20(2,3)30-19(29)26-8-6-21(7-9-26)13-10-12(4-5-14(13)24-17(21)28)16-25-27-15(22)11-23-18(27)31-16/h4-5,10-11H,6-9H2,1-3H3,(H,24,28). The van der Waals surface area contributed by atoms with Gasteiger partial charge in [0.15, 0.2) is 0 Å². The first kappa shape index (κ1) is 20.7. The van der Waals surface area contributed by atoms with Gasteiger partial charge in [0.25, 0.3) is 0 Å². The van der Waals surface area contributed by atoms with E-state index in [1.54, 1.807) is 11.1 Å². The van der Waals surface area contributed by atoms with Gasteiger partial charge >= 0.3 is 6.09 Å². The molecule has 3 aromatic rings. The Labute approximate surface area is 197 Å². The van der Waals surface area contributed by atoms with Crippen LogP contribution in [-0.2, 0) is 14.9 Å². The van der Waals surface area contributed by atoms with Crippen LogP contribution in [0.1, 0.15) is 39.2 Å². The van der Waals surface area contributed by atoms with Crippen LogP contribution in [0.2, 0.25) is 0 Å². The normalized spacial score (nSPS) is 17.8. The van der Waals surface area contributed by atoms with Crippen LogP contribution in [0.3, 0.4) is 0 Å². The van der Waals surface area contributed by atoms with Crippen LogP contribution in [0.4, 0.5) is 10.5 Å². The van der Waals surface area contributed by atoms with Gasteiger partial charge in [-0.3, -0.25) is 4.79 Å². The predicted octanol–water partition coefficient (Wildman–Crippen LogP) is 4.28. The smallest absolute Gasteiger partial charge is 0.410 e. The molecule has 1 N–H and O–H groups in total. The minimum absolute atomic E-state index is 0.00646. The Kier molecular flexibility index (Phi) is 4.77. The summed E-state index contributed by atoms with van der Waals surface area (Å²) in [5.41, 5.74) is 1.63. The van der Waals surface area contributed by atoms with Crippen molar-refractivity contribution in [3.63, 3.8) is 0 Å². The largest absolute Gasteiger partial charge is 0.444 e. The van der Waals surface area contributed by atoms with E-state index in [0.717, 1.165) is 30.5 Å². The maximum atomic E-state index is 13.0. The number of hydrogen-bond donors (Lipinski definition) is 1. The summed E-state index contributed by atoms with van der Waals surface area (Å²) < 4.78 is 8.29. The molecule has 2 aliphatic heterocycles. The molecule has 0 saturated carbocycles. The van der Waals surface area contributed by atoms with Gasteiger partial charge in [-0.1, -0.05) is 11.3 Å². The zero-order valence-corrected chi connectivity index (χ0v) is 20.4. The van der Waals surface area contributed by atoms with Gasteiger partial charge in [0.1, 0.15) is 14.3 Å². The predicted molar refractivity (Wildman–Crippen MR) is 126 cm³/mol. The number of amides is 2. The molecule has 0 atom stereocenters. The molecule has 8 nitrogen and oxygen atoms in total. The summed E-state index contributed by atoms with van der Waals surface area (Å²) in [5, 5.41) is 8.59. The molecule has 10 heteroatoms. The van der Waals surface area contributed by atoms with Crippen LogP contribution in [0.15, 0.2) is 24.4 Å². The summed E-state index contributed by atoms with van der Waals surface area (Å²) in [7, 11) is 0. The first-order chi connectivity index (χ1) is 14.7. The van der Waals surface area contributed by atoms with Crippen molar-refractivity contribution < 1.29 is 14.3 Å². The van der Waals surface area contributed by atoms with E-state index in [9.17, 15) is 9.59 Å². The van der Waals surface area contributed by atoms with Crippen LogP contribution in [-0.4, -0.2) is 50.2 Å². The molecule has 0 unspecified atom stereocenters. The third-order valence-corrected chi connectivity index (χ3v) is 7.48. The number of anilines is 1. The quantitative estimate of drug-likeness (QED) is 0.457. The zero-order valence-electron chi connectivity index (χ0n) is 17.4. The molecule has 2 aromatic heterocycles. The molecule has 2 aliphatic rings. The van der Waals surface area contributed by atoms with Gasteiger partial charge in [-0.05, 0) is 80.0 Å². The van der Waals surface area contributed by atoms with Crippen molar-refractivity contribution in [3.05, 3.63) is 33.7 Å². The Morgan fingerprint density at radius 2 is 2.03 bits per heavy atom. The van der Waals surface area contributed by atoms with E-state index in [0.29, 0.717) is 25.9 Å². The number of rotatable bonds is 1. The summed E-state index contributed by atoms with van der Waals surface area (Å²) in [6.07, 6.45) is 2.60. The summed E-state index contributed by atoms with van der Waals surface area (Å²) in [4.78, 5) is 32.4. The Bertz CT molecular complexity index is 1200. The van der Waals surface area contributed by atoms with E-state index < -0.39 is 11.0 Å². The van der Waals surface area contributed by atoms with Crippen molar-refractivity contribution in [1.29, 1.82) is 0 Å². The van der Waals surface area contributed by atoms with Crippen LogP contribution >= 0.6 is 33.9 Å². The van der Waals surface area contributed by atoms with Gasteiger partial charge < -0.3 is 15.0 Å². The number of hydrogen-bond acceptors (Lipinski definition) is 6. The molecule has 1 fully saturated rings. The highest BCUT2D eigenvalue weighted by molar-refractivity contribution is 14.1. The molecular formula is C21H22IN5O3S. The maximum absolute atomic E-state index is 13.0. The van der Waals surface area contributed by atoms with Crippen molar-refractivity contribution in [2.75, 3.05) is 18.4 Å². The van der Waals surface area contributed by atoms with Crippen molar-refractivity contribution in [2.45, 2.75) is 44.6 Å². The average molecular weight is 551 g/mol. The number of carbonyl (C=O) groups excluding carboxylic acids is 2. The van der Waals surface area contributed by atoms with Gasteiger partial charge in [-0.15, -0.1) is 0 Å². The van der Waals surface area contributed by atoms with Gasteiger partial charge in [-0.2, -0.15) is 9.61 Å². The summed E-state index contributed by atoms with van der Waals surface area (Å²) >= 11 is 3.73. The van der Waals surface area contributed by atoms with Crippen molar-refractivity contribution >= 4 is 56.6 Å². The molecule has 0 aliphatic carbocycles. The Balaban J connectivity index is 1.43. The molecule has 162 valence electrons. The highest BCUT2D eigenvalue weighted by Crippen LogP contribution is 2.46. The fraction of sp³-hybridized carbons (Fsp3) is 0.429. The number of nitrogens with one attached hydrogen (secondary N) is 1. The number of halogens is 1. The molecule has 1 aromatic carbocycles. The van der Waals surface area contributed by atoms with Gasteiger partial charge in [0.05, 0.1) is 11.6 Å². The van der Waals surface area contributed by atoms with E-state index in [1.165, 1.54) is 11.3 Å². The molecule has 31 heavy (non-hydrogen) atoms. The molecule has 4 heterocycles. The minimum Gasteiger partial charge on any atom is -0.444 e. The molecule has 1 spiro atoms. The Hall–Kier alpha value is -2.21. The lowest BCUT2D eigenvalue weighted by molar-refractivity contribution is -0.122. The van der Waals surface area contributed by atoms with Crippen LogP contribution < -0.4 is 5.32 Å². The van der Waals surface area contributed by atoms with Crippen molar-refractivity contribution in [3.8, 4) is 10.6 Å². The molecular weight excluding hydrogens is 529 g/mol. The number of nitrogens with zero attached hydrogens (tertiary/aromatic N) is 4. The number of fused-ring (bicyclic) bond motifs is 3. The second-order valence-corrected chi connectivity index (χ2v) is 11.0. The van der Waals surface area contributed by atoms with Crippen molar-refractivity contribution in [1.82, 2.24) is 19.5 Å². The van der Waals surface area contributed by atoms with Crippen LogP contribution in [0.5, 0.6) is 0 Å². The summed E-state index contributed by atoms with van der Waals surface area (Å²) in [6, 6.07) is 6.01. The number of piperidine rings is 1. The van der Waals surface area contributed by atoms with Crippen LogP contribution in [0.25, 0.3) is 15.5 Å². The monoisotopic (exact) mass is 551 g/mol. The van der Waals surface area contributed by atoms with Crippen LogP contribution in [0, 0.1) is 3.70 Å². The third-order valence-electron chi connectivity index (χ3n) is 5.78. The molecule has 1 saturated heterocycles. The second-order valence-electron chi connectivity index (χ2n) is 8.95. The summed E-state index contributed by atoms with van der Waals surface area (Å²) in [6.45, 7) is 6.53. The lowest BCUT2D eigenvalue weighted by Gasteiger charge is -2.38. The first-order valence-electron chi connectivity index (χ1n) is 10.1. The average Bonchev–Trinajstić information content (AvgIpc) is 3.35. The lowest BCUT2D eigenvalue weighted by Crippen LogP contribution is -2.49. The molecule has 0 bridgehead atoms. The molecule has 2 amide bonds. The van der Waals surface area contributed by atoms with E-state index in [4.69, 9.17) is 4.74 Å². The second kappa shape index (κ2) is 7.16. The number of likely N-dealkylation sites (tertiary alicyclic amines) is 1. The Morgan fingerprint density at radius 1 is 1.29 bits per heavy atom. The third kappa shape index (κ3) is 3.49. The SMILES string of the molecule is CC(C)(C)OC(=O)N1CCC2(CC1)C(=O)Nc1ccc(-c3nn4c(I)cnc4s3)cc12. The number of benzene rings is 1. The highest BCUT2D eigenvalue weighted by atomic mass is 127. The van der Waals surface area contributed by atoms with Gasteiger partial charge in [0.2, 0.25) is 10.9 Å². The summed E-state index contributed by atoms with van der Waals surface area (Å²) in [5.74, 6) is 0.00646. The van der Waals surface area contributed by atoms with Gasteiger partial charge in [0, 0.05) is 24.3 Å². The van der Waals surface area contributed by atoms with Crippen molar-refractivity contribution in [2.24, 2.45) is 0 Å². The number of aromatic nitrogens is 3. The van der Waals surface area contributed by atoms with E-state index in [-0.39, 0.29) is 12.0 Å². The topological polar surface area (TPSA) is 88.8 Å². The number of imidazole rings is 1. The highest BCUT2D eigenvalue weighted by Gasteiger charge is 2.49. The van der Waals surface area contributed by atoms with E-state index in [1.807, 2.05) is 37.4 Å². The molecule has 0 radical (unpaired) electrons. The fourth-order valence-electron chi connectivity index (χ4n) is 4.22. The first-order valence-corrected chi connectivity index (χ1v) is 12.0. The minimum atomic E-state index is -0.629. The van der Waals surface area contributed by atoms with Gasteiger partial charge in [-0.25, -0.2) is 9.78 Å². The zero-order chi connectivity index (χ0) is 22.0. The molecule has 5 rings (SSSR count).